The van der Waals surface area contributed by atoms with Crippen molar-refractivity contribution in [2.24, 2.45) is 7.05 Å². The lowest BCUT2D eigenvalue weighted by Crippen LogP contribution is -2.05. The monoisotopic (exact) mass is 280 g/mol. The first-order valence-corrected chi connectivity index (χ1v) is 7.22. The van der Waals surface area contributed by atoms with Crippen LogP contribution in [0.4, 0.5) is 0 Å². The Morgan fingerprint density at radius 1 is 1.14 bits per heavy atom. The second kappa shape index (κ2) is 5.34. The summed E-state index contributed by atoms with van der Waals surface area (Å²) < 4.78 is 1.87. The highest BCUT2D eigenvalue weighted by molar-refractivity contribution is 5.81. The molecule has 1 atom stereocenters. The minimum absolute atomic E-state index is 0.524. The summed E-state index contributed by atoms with van der Waals surface area (Å²) in [5.74, 6) is 0. The number of aliphatic hydroxyl groups is 1. The molecular weight excluding hydrogens is 260 g/mol. The predicted molar refractivity (Wildman–Crippen MR) is 85.3 cm³/mol. The number of hydrogen-bond donors (Lipinski definition) is 1. The van der Waals surface area contributed by atoms with Gasteiger partial charge >= 0.3 is 0 Å². The Balaban J connectivity index is 1.94. The van der Waals surface area contributed by atoms with Crippen molar-refractivity contribution in [2.75, 3.05) is 0 Å². The molecule has 1 N–H and O–H groups in total. The van der Waals surface area contributed by atoms with Crippen LogP contribution in [0, 0.1) is 13.8 Å². The standard InChI is InChI=1S/C18H20N2O/c1-12-8-9-14(13(2)10-12)18(21)11-16-15-6-4-5-7-17(15)20(3)19-16/h4-10,18,21H,11H2,1-3H3. The van der Waals surface area contributed by atoms with Crippen LogP contribution >= 0.6 is 0 Å². The van der Waals surface area contributed by atoms with Crippen LogP contribution in [0.15, 0.2) is 42.5 Å². The van der Waals surface area contributed by atoms with Gasteiger partial charge in [-0.05, 0) is 31.0 Å². The summed E-state index contributed by atoms with van der Waals surface area (Å²) in [5.41, 5.74) is 5.37. The highest BCUT2D eigenvalue weighted by atomic mass is 16.3. The molecule has 3 rings (SSSR count). The molecule has 0 aliphatic carbocycles. The quantitative estimate of drug-likeness (QED) is 0.797. The minimum Gasteiger partial charge on any atom is -0.388 e. The topological polar surface area (TPSA) is 38.1 Å². The fourth-order valence-electron chi connectivity index (χ4n) is 2.93. The molecular formula is C18H20N2O. The van der Waals surface area contributed by atoms with E-state index in [0.29, 0.717) is 6.42 Å². The molecule has 3 nitrogen and oxygen atoms in total. The molecule has 0 radical (unpaired) electrons. The molecule has 2 aromatic carbocycles. The zero-order valence-corrected chi connectivity index (χ0v) is 12.7. The van der Waals surface area contributed by atoms with Crippen LogP contribution in [-0.4, -0.2) is 14.9 Å². The van der Waals surface area contributed by atoms with Gasteiger partial charge in [0.05, 0.1) is 17.3 Å². The lowest BCUT2D eigenvalue weighted by Gasteiger charge is -2.13. The van der Waals surface area contributed by atoms with E-state index in [-0.39, 0.29) is 0 Å². The summed E-state index contributed by atoms with van der Waals surface area (Å²) in [5, 5.41) is 16.2. The van der Waals surface area contributed by atoms with Crippen molar-refractivity contribution in [3.63, 3.8) is 0 Å². The fourth-order valence-corrected chi connectivity index (χ4v) is 2.93. The average molecular weight is 280 g/mol. The number of fused-ring (bicyclic) bond motifs is 1. The molecule has 3 heteroatoms. The van der Waals surface area contributed by atoms with Gasteiger partial charge in [-0.2, -0.15) is 5.10 Å². The van der Waals surface area contributed by atoms with Gasteiger partial charge in [-0.3, -0.25) is 4.68 Å². The Bertz CT molecular complexity index is 789. The predicted octanol–water partition coefficient (Wildman–Crippen LogP) is 3.47. The van der Waals surface area contributed by atoms with Gasteiger partial charge < -0.3 is 5.11 Å². The lowest BCUT2D eigenvalue weighted by atomic mass is 9.97. The number of rotatable bonds is 3. The van der Waals surface area contributed by atoms with E-state index in [9.17, 15) is 5.11 Å². The Morgan fingerprint density at radius 3 is 2.67 bits per heavy atom. The first-order chi connectivity index (χ1) is 10.1. The van der Waals surface area contributed by atoms with E-state index in [2.05, 4.69) is 30.2 Å². The Hall–Kier alpha value is -2.13. The highest BCUT2D eigenvalue weighted by Gasteiger charge is 2.16. The molecule has 1 heterocycles. The van der Waals surface area contributed by atoms with Crippen molar-refractivity contribution >= 4 is 10.9 Å². The van der Waals surface area contributed by atoms with Crippen LogP contribution < -0.4 is 0 Å². The van der Waals surface area contributed by atoms with Crippen LogP contribution in [-0.2, 0) is 13.5 Å². The number of benzene rings is 2. The number of hydrogen-bond acceptors (Lipinski definition) is 2. The van der Waals surface area contributed by atoms with Gasteiger partial charge in [0.2, 0.25) is 0 Å². The van der Waals surface area contributed by atoms with Gasteiger partial charge in [-0.25, -0.2) is 0 Å². The molecule has 0 fully saturated rings. The van der Waals surface area contributed by atoms with Crippen molar-refractivity contribution < 1.29 is 5.11 Å². The largest absolute Gasteiger partial charge is 0.388 e. The van der Waals surface area contributed by atoms with Crippen molar-refractivity contribution in [1.29, 1.82) is 0 Å². The SMILES string of the molecule is Cc1ccc(C(O)Cc2nn(C)c3ccccc23)c(C)c1. The van der Waals surface area contributed by atoms with Crippen LogP contribution in [0.25, 0.3) is 10.9 Å². The van der Waals surface area contributed by atoms with E-state index in [4.69, 9.17) is 0 Å². The van der Waals surface area contributed by atoms with Crippen molar-refractivity contribution in [3.8, 4) is 0 Å². The molecule has 0 aliphatic heterocycles. The number of nitrogens with zero attached hydrogens (tertiary/aromatic N) is 2. The summed E-state index contributed by atoms with van der Waals surface area (Å²) in [4.78, 5) is 0. The van der Waals surface area contributed by atoms with E-state index in [1.165, 1.54) is 5.56 Å². The number of aryl methyl sites for hydroxylation is 3. The molecule has 0 saturated heterocycles. The number of aliphatic hydroxyl groups excluding tert-OH is 1. The summed E-state index contributed by atoms with van der Waals surface area (Å²) in [6.07, 6.45) is 0.00883. The molecule has 21 heavy (non-hydrogen) atoms. The lowest BCUT2D eigenvalue weighted by molar-refractivity contribution is 0.176. The zero-order valence-electron chi connectivity index (χ0n) is 12.7. The molecule has 1 aromatic heterocycles. The molecule has 0 spiro atoms. The first kappa shape index (κ1) is 13.8. The Morgan fingerprint density at radius 2 is 1.90 bits per heavy atom. The van der Waals surface area contributed by atoms with Gasteiger partial charge in [0.25, 0.3) is 0 Å². The molecule has 0 bridgehead atoms. The van der Waals surface area contributed by atoms with Crippen molar-refractivity contribution in [1.82, 2.24) is 9.78 Å². The average Bonchev–Trinajstić information content (AvgIpc) is 2.76. The van der Waals surface area contributed by atoms with E-state index < -0.39 is 6.10 Å². The van der Waals surface area contributed by atoms with Gasteiger partial charge in [0, 0.05) is 18.9 Å². The van der Waals surface area contributed by atoms with E-state index in [0.717, 1.165) is 27.7 Å². The molecule has 108 valence electrons. The molecule has 0 saturated carbocycles. The van der Waals surface area contributed by atoms with Crippen LogP contribution in [0.2, 0.25) is 0 Å². The summed E-state index contributed by atoms with van der Waals surface area (Å²) in [7, 11) is 1.94. The van der Waals surface area contributed by atoms with E-state index in [1.54, 1.807) is 0 Å². The minimum atomic E-state index is -0.524. The number of aromatic nitrogens is 2. The summed E-state index contributed by atoms with van der Waals surface area (Å²) in [6.45, 7) is 4.11. The van der Waals surface area contributed by atoms with E-state index >= 15 is 0 Å². The maximum absolute atomic E-state index is 10.6. The van der Waals surface area contributed by atoms with Gasteiger partial charge in [0.15, 0.2) is 0 Å². The molecule has 1 unspecified atom stereocenters. The summed E-state index contributed by atoms with van der Waals surface area (Å²) >= 11 is 0. The smallest absolute Gasteiger partial charge is 0.0848 e. The van der Waals surface area contributed by atoms with Crippen LogP contribution in [0.5, 0.6) is 0 Å². The Kier molecular flexibility index (Phi) is 3.52. The van der Waals surface area contributed by atoms with Gasteiger partial charge in [-0.15, -0.1) is 0 Å². The van der Waals surface area contributed by atoms with Crippen LogP contribution in [0.3, 0.4) is 0 Å². The third-order valence-corrected chi connectivity index (χ3v) is 4.01. The summed E-state index contributed by atoms with van der Waals surface area (Å²) in [6, 6.07) is 14.3. The van der Waals surface area contributed by atoms with E-state index in [1.807, 2.05) is 42.9 Å². The fraction of sp³-hybridized carbons (Fsp3) is 0.278. The van der Waals surface area contributed by atoms with Crippen molar-refractivity contribution in [3.05, 3.63) is 64.8 Å². The van der Waals surface area contributed by atoms with Crippen molar-refractivity contribution in [2.45, 2.75) is 26.4 Å². The third kappa shape index (κ3) is 2.57. The second-order valence-corrected chi connectivity index (χ2v) is 5.67. The maximum Gasteiger partial charge on any atom is 0.0848 e. The molecule has 0 aliphatic rings. The number of para-hydroxylation sites is 1. The zero-order chi connectivity index (χ0) is 15.0. The normalized spacial score (nSPS) is 12.8. The molecule has 0 amide bonds. The molecule has 3 aromatic rings. The van der Waals surface area contributed by atoms with Gasteiger partial charge in [-0.1, -0.05) is 42.0 Å². The Labute approximate surface area is 124 Å². The maximum atomic E-state index is 10.6. The van der Waals surface area contributed by atoms with Crippen LogP contribution in [0.1, 0.15) is 28.5 Å². The third-order valence-electron chi connectivity index (χ3n) is 4.01. The first-order valence-electron chi connectivity index (χ1n) is 7.22. The highest BCUT2D eigenvalue weighted by Crippen LogP contribution is 2.25. The van der Waals surface area contributed by atoms with Gasteiger partial charge in [0.1, 0.15) is 0 Å². The second-order valence-electron chi connectivity index (χ2n) is 5.67.